The largest absolute Gasteiger partial charge is 0.384 e. The maximum Gasteiger partial charge on any atom is 0.0397 e. The minimum absolute atomic E-state index is 0.924. The fourth-order valence-electron chi connectivity index (χ4n) is 3.53. The normalized spacial score (nSPS) is 16.1. The Bertz CT molecular complexity index is 682. The molecule has 21 heavy (non-hydrogen) atoms. The van der Waals surface area contributed by atoms with Crippen LogP contribution in [0.4, 0.5) is 0 Å². The summed E-state index contributed by atoms with van der Waals surface area (Å²) in [6.45, 7) is 0.924. The highest BCUT2D eigenvalue weighted by Gasteiger charge is 2.16. The molecule has 2 aromatic carbocycles. The van der Waals surface area contributed by atoms with Crippen molar-refractivity contribution in [1.29, 1.82) is 0 Å². The van der Waals surface area contributed by atoms with Gasteiger partial charge in [0.1, 0.15) is 0 Å². The van der Waals surface area contributed by atoms with Gasteiger partial charge < -0.3 is 5.32 Å². The molecule has 106 valence electrons. The van der Waals surface area contributed by atoms with Gasteiger partial charge in [-0.1, -0.05) is 42.5 Å². The smallest absolute Gasteiger partial charge is 0.0397 e. The standard InChI is InChI=1S/C20H21N/c1-2-5-15(6-3-1)14-21-20-10-9-18-11-16-7-4-8-17(16)12-19(18)13-20/h1-3,5-6,11-13,21H,4,7-10,14H2. The Balaban J connectivity index is 1.53. The SMILES string of the molecule is C1=C(NCc2ccccc2)CCc2cc3c(cc21)CCC3. The van der Waals surface area contributed by atoms with Crippen LogP contribution in [0.2, 0.25) is 0 Å². The summed E-state index contributed by atoms with van der Waals surface area (Å²) in [5.41, 5.74) is 8.89. The molecule has 0 unspecified atom stereocenters. The van der Waals surface area contributed by atoms with E-state index in [1.807, 2.05) is 0 Å². The summed E-state index contributed by atoms with van der Waals surface area (Å²) in [6, 6.07) is 15.5. The van der Waals surface area contributed by atoms with Gasteiger partial charge in [-0.25, -0.2) is 0 Å². The van der Waals surface area contributed by atoms with E-state index >= 15 is 0 Å². The molecule has 0 spiro atoms. The van der Waals surface area contributed by atoms with Crippen LogP contribution >= 0.6 is 0 Å². The lowest BCUT2D eigenvalue weighted by atomic mass is 9.91. The van der Waals surface area contributed by atoms with Gasteiger partial charge >= 0.3 is 0 Å². The molecule has 0 amide bonds. The molecule has 0 heterocycles. The highest BCUT2D eigenvalue weighted by Crippen LogP contribution is 2.30. The predicted molar refractivity (Wildman–Crippen MR) is 88.0 cm³/mol. The van der Waals surface area contributed by atoms with Gasteiger partial charge in [0.05, 0.1) is 0 Å². The van der Waals surface area contributed by atoms with Crippen LogP contribution in [0.3, 0.4) is 0 Å². The molecule has 0 saturated carbocycles. The number of hydrogen-bond donors (Lipinski definition) is 1. The second-order valence-corrected chi connectivity index (χ2v) is 6.18. The fraction of sp³-hybridized carbons (Fsp3) is 0.300. The van der Waals surface area contributed by atoms with E-state index in [0.717, 1.165) is 13.0 Å². The number of rotatable bonds is 3. The molecule has 0 bridgehead atoms. The van der Waals surface area contributed by atoms with Crippen LogP contribution in [0.1, 0.15) is 40.7 Å². The van der Waals surface area contributed by atoms with Crippen LogP contribution in [0.5, 0.6) is 0 Å². The van der Waals surface area contributed by atoms with Crippen LogP contribution in [-0.2, 0) is 25.8 Å². The topological polar surface area (TPSA) is 12.0 Å². The van der Waals surface area contributed by atoms with E-state index in [4.69, 9.17) is 0 Å². The number of nitrogens with one attached hydrogen (secondary N) is 1. The first kappa shape index (κ1) is 12.7. The van der Waals surface area contributed by atoms with E-state index in [1.54, 1.807) is 16.7 Å². The van der Waals surface area contributed by atoms with Crippen LogP contribution in [0.25, 0.3) is 6.08 Å². The zero-order valence-electron chi connectivity index (χ0n) is 12.4. The Kier molecular flexibility index (Phi) is 3.27. The third-order valence-electron chi connectivity index (χ3n) is 4.71. The number of aryl methyl sites for hydroxylation is 3. The molecule has 2 aliphatic carbocycles. The van der Waals surface area contributed by atoms with Crippen LogP contribution in [0.15, 0.2) is 48.2 Å². The molecule has 0 aliphatic heterocycles. The molecule has 1 heteroatoms. The van der Waals surface area contributed by atoms with Crippen molar-refractivity contribution >= 4 is 6.08 Å². The van der Waals surface area contributed by atoms with Gasteiger partial charge in [0, 0.05) is 12.2 Å². The molecule has 0 saturated heterocycles. The van der Waals surface area contributed by atoms with Gasteiger partial charge in [0.15, 0.2) is 0 Å². The summed E-state index contributed by atoms with van der Waals surface area (Å²) in [5, 5.41) is 3.61. The second-order valence-electron chi connectivity index (χ2n) is 6.18. The molecular formula is C20H21N. The Hall–Kier alpha value is -2.02. The quantitative estimate of drug-likeness (QED) is 0.883. The summed E-state index contributed by atoms with van der Waals surface area (Å²) in [5.74, 6) is 0. The molecule has 0 atom stereocenters. The molecule has 1 N–H and O–H groups in total. The minimum atomic E-state index is 0.924. The Labute approximate surface area is 126 Å². The van der Waals surface area contributed by atoms with Crippen LogP contribution < -0.4 is 5.32 Å². The van der Waals surface area contributed by atoms with E-state index in [0.29, 0.717) is 0 Å². The molecule has 0 radical (unpaired) electrons. The van der Waals surface area contributed by atoms with E-state index in [9.17, 15) is 0 Å². The molecule has 2 aromatic rings. The fourth-order valence-corrected chi connectivity index (χ4v) is 3.53. The first-order chi connectivity index (χ1) is 10.4. The van der Waals surface area contributed by atoms with E-state index < -0.39 is 0 Å². The molecule has 2 aliphatic rings. The van der Waals surface area contributed by atoms with Crippen molar-refractivity contribution in [2.75, 3.05) is 0 Å². The monoisotopic (exact) mass is 275 g/mol. The maximum absolute atomic E-state index is 3.61. The van der Waals surface area contributed by atoms with E-state index in [1.165, 1.54) is 42.5 Å². The summed E-state index contributed by atoms with van der Waals surface area (Å²) in [7, 11) is 0. The number of fused-ring (bicyclic) bond motifs is 2. The molecule has 4 rings (SSSR count). The van der Waals surface area contributed by atoms with Crippen molar-refractivity contribution in [3.63, 3.8) is 0 Å². The minimum Gasteiger partial charge on any atom is -0.384 e. The summed E-state index contributed by atoms with van der Waals surface area (Å²) < 4.78 is 0. The third kappa shape index (κ3) is 2.61. The lowest BCUT2D eigenvalue weighted by Crippen LogP contribution is -2.16. The van der Waals surface area contributed by atoms with Crippen LogP contribution in [-0.4, -0.2) is 0 Å². The van der Waals surface area contributed by atoms with Crippen molar-refractivity contribution in [3.05, 3.63) is 76.0 Å². The highest BCUT2D eigenvalue weighted by atomic mass is 14.9. The Morgan fingerprint density at radius 1 is 0.810 bits per heavy atom. The molecule has 0 fully saturated rings. The third-order valence-corrected chi connectivity index (χ3v) is 4.71. The van der Waals surface area contributed by atoms with Crippen molar-refractivity contribution < 1.29 is 0 Å². The van der Waals surface area contributed by atoms with Gasteiger partial charge in [-0.3, -0.25) is 0 Å². The Morgan fingerprint density at radius 3 is 2.48 bits per heavy atom. The van der Waals surface area contributed by atoms with Crippen molar-refractivity contribution in [2.45, 2.75) is 38.6 Å². The number of hydrogen-bond acceptors (Lipinski definition) is 1. The van der Waals surface area contributed by atoms with E-state index in [-0.39, 0.29) is 0 Å². The zero-order chi connectivity index (χ0) is 14.1. The van der Waals surface area contributed by atoms with Crippen molar-refractivity contribution in [3.8, 4) is 0 Å². The molecule has 0 aromatic heterocycles. The molecule has 1 nitrogen and oxygen atoms in total. The number of benzene rings is 2. The van der Waals surface area contributed by atoms with E-state index in [2.05, 4.69) is 53.9 Å². The van der Waals surface area contributed by atoms with Gasteiger partial charge in [0.25, 0.3) is 0 Å². The highest BCUT2D eigenvalue weighted by molar-refractivity contribution is 5.61. The van der Waals surface area contributed by atoms with Gasteiger partial charge in [0.2, 0.25) is 0 Å². The average molecular weight is 275 g/mol. The van der Waals surface area contributed by atoms with Crippen molar-refractivity contribution in [2.24, 2.45) is 0 Å². The average Bonchev–Trinajstić information content (AvgIpc) is 2.98. The summed E-state index contributed by atoms with van der Waals surface area (Å²) in [6.07, 6.45) is 8.56. The summed E-state index contributed by atoms with van der Waals surface area (Å²) >= 11 is 0. The predicted octanol–water partition coefficient (Wildman–Crippen LogP) is 4.25. The summed E-state index contributed by atoms with van der Waals surface area (Å²) in [4.78, 5) is 0. The van der Waals surface area contributed by atoms with Gasteiger partial charge in [-0.15, -0.1) is 0 Å². The number of allylic oxidation sites excluding steroid dienone is 1. The second kappa shape index (κ2) is 5.40. The van der Waals surface area contributed by atoms with Gasteiger partial charge in [-0.05, 0) is 66.0 Å². The Morgan fingerprint density at radius 2 is 1.62 bits per heavy atom. The van der Waals surface area contributed by atoms with Crippen molar-refractivity contribution in [1.82, 2.24) is 5.32 Å². The molecular weight excluding hydrogens is 254 g/mol. The maximum atomic E-state index is 3.61. The first-order valence-electron chi connectivity index (χ1n) is 8.01. The first-order valence-corrected chi connectivity index (χ1v) is 8.01. The van der Waals surface area contributed by atoms with Gasteiger partial charge in [-0.2, -0.15) is 0 Å². The van der Waals surface area contributed by atoms with Crippen LogP contribution in [0, 0.1) is 0 Å². The lowest BCUT2D eigenvalue weighted by Gasteiger charge is -2.19. The zero-order valence-corrected chi connectivity index (χ0v) is 12.4. The lowest BCUT2D eigenvalue weighted by molar-refractivity contribution is 0.744.